The van der Waals surface area contributed by atoms with E-state index in [2.05, 4.69) is 4.98 Å². The zero-order valence-electron chi connectivity index (χ0n) is 11.7. The second-order valence-electron chi connectivity index (χ2n) is 5.01. The molecule has 0 aliphatic rings. The van der Waals surface area contributed by atoms with Gasteiger partial charge in [-0.25, -0.2) is 4.79 Å². The number of pyridine rings is 1. The quantitative estimate of drug-likeness (QED) is 0.785. The molecular formula is C14H18N2O4. The van der Waals surface area contributed by atoms with Crippen LogP contribution in [0.3, 0.4) is 0 Å². The van der Waals surface area contributed by atoms with Gasteiger partial charge in [-0.2, -0.15) is 0 Å². The van der Waals surface area contributed by atoms with Crippen LogP contribution in [0.1, 0.15) is 29.8 Å². The first-order chi connectivity index (χ1) is 9.27. The topological polar surface area (TPSA) is 90.7 Å². The van der Waals surface area contributed by atoms with Crippen LogP contribution in [0, 0.1) is 0 Å². The van der Waals surface area contributed by atoms with Gasteiger partial charge in [0, 0.05) is 25.5 Å². The van der Waals surface area contributed by atoms with Gasteiger partial charge >= 0.3 is 5.97 Å². The molecule has 1 aromatic heterocycles. The van der Waals surface area contributed by atoms with E-state index in [-0.39, 0.29) is 12.5 Å². The molecule has 0 aromatic carbocycles. The van der Waals surface area contributed by atoms with Crippen LogP contribution >= 0.6 is 0 Å². The van der Waals surface area contributed by atoms with Crippen molar-refractivity contribution in [2.45, 2.75) is 19.4 Å². The molecule has 1 heterocycles. The molecule has 0 atom stereocenters. The van der Waals surface area contributed by atoms with E-state index in [1.54, 1.807) is 27.0 Å². The molecule has 0 spiro atoms. The van der Waals surface area contributed by atoms with Crippen molar-refractivity contribution in [3.05, 3.63) is 35.7 Å². The SMILES string of the molecule is CN(C(=O)c1cncc(/C=C/C(=O)O)c1)C(C)(C)CO. The molecule has 0 aliphatic heterocycles. The number of aliphatic hydroxyl groups is 1. The van der Waals surface area contributed by atoms with E-state index < -0.39 is 11.5 Å². The first-order valence-corrected chi connectivity index (χ1v) is 6.03. The summed E-state index contributed by atoms with van der Waals surface area (Å²) in [5.74, 6) is -1.36. The van der Waals surface area contributed by atoms with Crippen molar-refractivity contribution in [3.63, 3.8) is 0 Å². The molecule has 1 amide bonds. The number of hydrogen-bond donors (Lipinski definition) is 2. The average Bonchev–Trinajstić information content (AvgIpc) is 2.43. The molecule has 6 heteroatoms. The lowest BCUT2D eigenvalue weighted by molar-refractivity contribution is -0.131. The maximum Gasteiger partial charge on any atom is 0.328 e. The Balaban J connectivity index is 3.00. The van der Waals surface area contributed by atoms with Gasteiger partial charge in [-0.3, -0.25) is 9.78 Å². The number of aliphatic hydroxyl groups excluding tert-OH is 1. The second kappa shape index (κ2) is 6.29. The van der Waals surface area contributed by atoms with Gasteiger partial charge in [0.15, 0.2) is 0 Å². The number of likely N-dealkylation sites (N-methyl/N-ethyl adjacent to an activating group) is 1. The number of carbonyl (C=O) groups is 2. The third-order valence-corrected chi connectivity index (χ3v) is 3.02. The number of aromatic nitrogens is 1. The Bertz CT molecular complexity index is 538. The number of amides is 1. The Morgan fingerprint density at radius 2 is 2.05 bits per heavy atom. The van der Waals surface area contributed by atoms with E-state index >= 15 is 0 Å². The first-order valence-electron chi connectivity index (χ1n) is 6.03. The highest BCUT2D eigenvalue weighted by atomic mass is 16.4. The number of nitrogens with zero attached hydrogens (tertiary/aromatic N) is 2. The van der Waals surface area contributed by atoms with E-state index in [9.17, 15) is 14.7 Å². The van der Waals surface area contributed by atoms with Crippen molar-refractivity contribution >= 4 is 18.0 Å². The van der Waals surface area contributed by atoms with Crippen LogP contribution in [0.4, 0.5) is 0 Å². The molecule has 0 aliphatic carbocycles. The van der Waals surface area contributed by atoms with E-state index in [4.69, 9.17) is 5.11 Å². The van der Waals surface area contributed by atoms with Crippen molar-refractivity contribution in [1.29, 1.82) is 0 Å². The monoisotopic (exact) mass is 278 g/mol. The van der Waals surface area contributed by atoms with Gasteiger partial charge in [0.1, 0.15) is 0 Å². The number of carboxylic acids is 1. The van der Waals surface area contributed by atoms with E-state index in [1.165, 1.54) is 23.4 Å². The summed E-state index contributed by atoms with van der Waals surface area (Å²) < 4.78 is 0. The van der Waals surface area contributed by atoms with Gasteiger partial charge in [-0.1, -0.05) is 0 Å². The van der Waals surface area contributed by atoms with Crippen LogP contribution in [0.15, 0.2) is 24.5 Å². The summed E-state index contributed by atoms with van der Waals surface area (Å²) in [6, 6.07) is 1.55. The number of carboxylic acid groups (broad SMARTS) is 1. The van der Waals surface area contributed by atoms with Crippen molar-refractivity contribution < 1.29 is 19.8 Å². The Hall–Kier alpha value is -2.21. The number of hydrogen-bond acceptors (Lipinski definition) is 4. The number of rotatable bonds is 5. The molecule has 0 radical (unpaired) electrons. The highest BCUT2D eigenvalue weighted by Gasteiger charge is 2.27. The standard InChI is InChI=1S/C14H18N2O4/c1-14(2,9-17)16(3)13(20)11-6-10(7-15-8-11)4-5-12(18)19/h4-8,17H,9H2,1-3H3,(H,18,19)/b5-4+. The summed E-state index contributed by atoms with van der Waals surface area (Å²) in [6.07, 6.45) is 5.22. The molecule has 0 bridgehead atoms. The first kappa shape index (κ1) is 15.8. The normalized spacial score (nSPS) is 11.6. The molecular weight excluding hydrogens is 260 g/mol. The minimum Gasteiger partial charge on any atom is -0.478 e. The summed E-state index contributed by atoms with van der Waals surface area (Å²) in [6.45, 7) is 3.32. The van der Waals surface area contributed by atoms with Gasteiger partial charge < -0.3 is 15.1 Å². The molecule has 108 valence electrons. The van der Waals surface area contributed by atoms with Crippen LogP contribution in [0.5, 0.6) is 0 Å². The summed E-state index contributed by atoms with van der Waals surface area (Å²) in [5, 5.41) is 17.8. The third-order valence-electron chi connectivity index (χ3n) is 3.02. The van der Waals surface area contributed by atoms with Gasteiger partial charge in [0.05, 0.1) is 17.7 Å². The molecule has 6 nitrogen and oxygen atoms in total. The molecule has 0 saturated carbocycles. The van der Waals surface area contributed by atoms with E-state index in [0.29, 0.717) is 11.1 Å². The van der Waals surface area contributed by atoms with Crippen LogP contribution in [-0.4, -0.2) is 51.2 Å². The van der Waals surface area contributed by atoms with Crippen LogP contribution < -0.4 is 0 Å². The molecule has 1 aromatic rings. The lowest BCUT2D eigenvalue weighted by Crippen LogP contribution is -2.47. The summed E-state index contributed by atoms with van der Waals surface area (Å²) in [5.41, 5.74) is 0.166. The van der Waals surface area contributed by atoms with Gasteiger partial charge in [0.25, 0.3) is 5.91 Å². The van der Waals surface area contributed by atoms with Crippen LogP contribution in [0.2, 0.25) is 0 Å². The summed E-state index contributed by atoms with van der Waals surface area (Å²) in [7, 11) is 1.60. The van der Waals surface area contributed by atoms with Gasteiger partial charge in [-0.15, -0.1) is 0 Å². The van der Waals surface area contributed by atoms with Crippen molar-refractivity contribution in [1.82, 2.24) is 9.88 Å². The van der Waals surface area contributed by atoms with E-state index in [0.717, 1.165) is 6.08 Å². The molecule has 1 rings (SSSR count). The predicted octanol–water partition coefficient (Wildman–Crippen LogP) is 1.02. The largest absolute Gasteiger partial charge is 0.478 e. The third kappa shape index (κ3) is 3.89. The number of aliphatic carboxylic acids is 1. The minimum atomic E-state index is -1.07. The molecule has 0 fully saturated rings. The Morgan fingerprint density at radius 1 is 1.40 bits per heavy atom. The zero-order valence-corrected chi connectivity index (χ0v) is 11.7. The molecule has 20 heavy (non-hydrogen) atoms. The molecule has 0 saturated heterocycles. The van der Waals surface area contributed by atoms with Crippen molar-refractivity contribution in [2.24, 2.45) is 0 Å². The lowest BCUT2D eigenvalue weighted by atomic mass is 10.0. The Morgan fingerprint density at radius 3 is 2.60 bits per heavy atom. The maximum atomic E-state index is 12.3. The fourth-order valence-electron chi connectivity index (χ4n) is 1.41. The minimum absolute atomic E-state index is 0.165. The summed E-state index contributed by atoms with van der Waals surface area (Å²) >= 11 is 0. The highest BCUT2D eigenvalue weighted by Crippen LogP contribution is 2.16. The lowest BCUT2D eigenvalue weighted by Gasteiger charge is -2.33. The van der Waals surface area contributed by atoms with Gasteiger partial charge in [0.2, 0.25) is 0 Å². The Kier molecular flexibility index (Phi) is 4.99. The average molecular weight is 278 g/mol. The zero-order chi connectivity index (χ0) is 15.3. The fraction of sp³-hybridized carbons (Fsp3) is 0.357. The van der Waals surface area contributed by atoms with Crippen molar-refractivity contribution in [2.75, 3.05) is 13.7 Å². The molecule has 0 unspecified atom stereocenters. The van der Waals surface area contributed by atoms with Crippen LogP contribution in [-0.2, 0) is 4.79 Å². The fourth-order valence-corrected chi connectivity index (χ4v) is 1.41. The molecule has 2 N–H and O–H groups in total. The number of carbonyl (C=O) groups excluding carboxylic acids is 1. The maximum absolute atomic E-state index is 12.3. The summed E-state index contributed by atoms with van der Waals surface area (Å²) in [4.78, 5) is 28.1. The smallest absolute Gasteiger partial charge is 0.328 e. The second-order valence-corrected chi connectivity index (χ2v) is 5.01. The van der Waals surface area contributed by atoms with Crippen LogP contribution in [0.25, 0.3) is 6.08 Å². The van der Waals surface area contributed by atoms with Crippen molar-refractivity contribution in [3.8, 4) is 0 Å². The van der Waals surface area contributed by atoms with E-state index in [1.807, 2.05) is 0 Å². The highest BCUT2D eigenvalue weighted by molar-refractivity contribution is 5.95. The predicted molar refractivity (Wildman–Crippen MR) is 74.2 cm³/mol. The Labute approximate surface area is 117 Å². The van der Waals surface area contributed by atoms with Gasteiger partial charge in [-0.05, 0) is 31.6 Å².